The number of aryl methyl sites for hydroxylation is 6. The molecule has 0 fully saturated rings. The third-order valence-corrected chi connectivity index (χ3v) is 24.9. The highest BCUT2D eigenvalue weighted by Crippen LogP contribution is 2.40. The Morgan fingerprint density at radius 3 is 1.20 bits per heavy atom. The molecule has 0 radical (unpaired) electrons. The number of carbonyl (C=O) groups is 5. The van der Waals surface area contributed by atoms with Crippen molar-refractivity contribution in [3.05, 3.63) is 464 Å². The number of ether oxygens (including phenoxy) is 2. The summed E-state index contributed by atoms with van der Waals surface area (Å²) in [5.41, 5.74) is 46.1. The predicted octanol–water partition coefficient (Wildman–Crippen LogP) is 24.3. The molecule has 17 aromatic heterocycles. The van der Waals surface area contributed by atoms with Gasteiger partial charge in [0.25, 0.3) is 11.8 Å². The molecule has 0 aliphatic rings. The molecule has 2 amide bonds. The first-order valence-corrected chi connectivity index (χ1v) is 47.8. The van der Waals surface area contributed by atoms with Gasteiger partial charge < -0.3 is 34.9 Å². The molecule has 730 valence electrons. The number of carboxylic acids is 1. The highest BCUT2D eigenvalue weighted by Gasteiger charge is 2.23. The minimum absolute atomic E-state index is 0.188. The molecule has 0 aliphatic carbocycles. The van der Waals surface area contributed by atoms with Gasteiger partial charge in [-0.3, -0.25) is 43.3 Å². The molecule has 7 aromatic carbocycles. The van der Waals surface area contributed by atoms with Crippen LogP contribution in [0.3, 0.4) is 0 Å². The molecule has 0 aliphatic heterocycles. The number of pyridine rings is 10. The van der Waals surface area contributed by atoms with Crippen LogP contribution >= 0.6 is 0 Å². The Bertz CT molecular complexity index is 8970. The average Bonchev–Trinajstić information content (AvgIpc) is 1.63. The number of benzene rings is 7. The number of nitrogens with zero attached hydrogens (tertiary/aromatic N) is 17. The highest BCUT2D eigenvalue weighted by molar-refractivity contribution is 6.07. The number of fused-ring (bicyclic) bond motifs is 6. The van der Waals surface area contributed by atoms with Gasteiger partial charge >= 0.3 is 17.9 Å². The Morgan fingerprint density at radius 1 is 0.349 bits per heavy atom. The number of primary amides is 2. The van der Waals surface area contributed by atoms with Gasteiger partial charge in [-0.05, 0) is 250 Å². The number of para-hydroxylation sites is 1. The van der Waals surface area contributed by atoms with E-state index in [1.807, 2.05) is 331 Å². The van der Waals surface area contributed by atoms with Gasteiger partial charge in [0.05, 0.1) is 95.0 Å². The van der Waals surface area contributed by atoms with Crippen LogP contribution in [0.5, 0.6) is 0 Å². The summed E-state index contributed by atoms with van der Waals surface area (Å²) in [6, 6.07) is 106. The molecule has 0 bridgehead atoms. The van der Waals surface area contributed by atoms with Crippen LogP contribution in [0.15, 0.2) is 407 Å². The molecule has 0 atom stereocenters. The molecule has 28 nitrogen and oxygen atoms in total. The average molecular weight is 1960 g/mol. The molecule has 24 aromatic rings. The van der Waals surface area contributed by atoms with Crippen LogP contribution in [0.1, 0.15) is 93.1 Å². The van der Waals surface area contributed by atoms with Crippen LogP contribution in [0, 0.1) is 41.5 Å². The first-order valence-electron chi connectivity index (χ1n) is 47.8. The Hall–Kier alpha value is -20.2. The Balaban J connectivity index is 0.000000112. The molecule has 0 saturated carbocycles. The fourth-order valence-corrected chi connectivity index (χ4v) is 17.7. The number of carbonyl (C=O) groups excluding carboxylic acids is 4. The van der Waals surface area contributed by atoms with E-state index in [2.05, 4.69) is 133 Å². The maximum atomic E-state index is 12.2. The zero-order chi connectivity index (χ0) is 103. The Labute approximate surface area is 855 Å². The quantitative estimate of drug-likeness (QED) is 0.0672. The van der Waals surface area contributed by atoms with E-state index in [1.165, 1.54) is 37.5 Å². The second-order valence-electron chi connectivity index (χ2n) is 34.9. The van der Waals surface area contributed by atoms with Crippen molar-refractivity contribution in [3.63, 3.8) is 0 Å². The zero-order valence-corrected chi connectivity index (χ0v) is 82.3. The monoisotopic (exact) mass is 1960 g/mol. The number of carboxylic acid groups (broad SMARTS) is 1. The lowest BCUT2D eigenvalue weighted by Gasteiger charge is -2.11. The lowest BCUT2D eigenvalue weighted by Crippen LogP contribution is -2.13. The highest BCUT2D eigenvalue weighted by atomic mass is 16.5. The second kappa shape index (κ2) is 43.7. The summed E-state index contributed by atoms with van der Waals surface area (Å²) in [5, 5.41) is 22.8. The van der Waals surface area contributed by atoms with Gasteiger partial charge in [0.2, 0.25) is 0 Å². The van der Waals surface area contributed by atoms with Crippen LogP contribution in [-0.4, -0.2) is 131 Å². The van der Waals surface area contributed by atoms with E-state index in [1.54, 1.807) is 43.3 Å². The summed E-state index contributed by atoms with van der Waals surface area (Å²) in [6.45, 7) is 14.1. The number of furan rings is 1. The van der Waals surface area contributed by atoms with Crippen LogP contribution in [0.25, 0.3) is 168 Å². The van der Waals surface area contributed by atoms with E-state index < -0.39 is 23.8 Å². The van der Waals surface area contributed by atoms with Gasteiger partial charge in [-0.15, -0.1) is 0 Å². The predicted molar refractivity (Wildman–Crippen MR) is 578 cm³/mol. The van der Waals surface area contributed by atoms with Gasteiger partial charge in [0.15, 0.2) is 5.69 Å². The lowest BCUT2D eigenvalue weighted by atomic mass is 9.96. The second-order valence-corrected chi connectivity index (χ2v) is 34.9. The van der Waals surface area contributed by atoms with Crippen LogP contribution in [0.4, 0.5) is 0 Å². The molecule has 0 spiro atoms. The van der Waals surface area contributed by atoms with Gasteiger partial charge in [0.1, 0.15) is 45.6 Å². The third kappa shape index (κ3) is 21.4. The molecule has 28 heteroatoms. The van der Waals surface area contributed by atoms with E-state index in [9.17, 15) is 29.1 Å². The summed E-state index contributed by atoms with van der Waals surface area (Å²) in [7, 11) is 1.37. The fraction of sp³-hybridized carbons (Fsp3) is 0.0744. The summed E-state index contributed by atoms with van der Waals surface area (Å²) < 4.78 is 26.1. The van der Waals surface area contributed by atoms with Crippen molar-refractivity contribution >= 4 is 68.7 Å². The molecule has 0 unspecified atom stereocenters. The zero-order valence-electron chi connectivity index (χ0n) is 82.3. The van der Waals surface area contributed by atoms with Crippen molar-refractivity contribution in [2.24, 2.45) is 11.5 Å². The maximum absolute atomic E-state index is 12.2. The maximum Gasteiger partial charge on any atom is 0.356 e. The number of methoxy groups -OCH3 is 1. The largest absolute Gasteiger partial charge is 0.478 e. The van der Waals surface area contributed by atoms with E-state index in [0.717, 1.165) is 168 Å². The van der Waals surface area contributed by atoms with Gasteiger partial charge in [-0.25, -0.2) is 43.0 Å². The first kappa shape index (κ1) is 97.7. The number of hydrogen-bond donors (Lipinski definition) is 3. The number of aromatic carboxylic acids is 1. The molecular formula is C121H97N19O9. The minimum atomic E-state index is -0.985. The fourth-order valence-electron chi connectivity index (χ4n) is 17.7. The molecule has 149 heavy (non-hydrogen) atoms. The standard InChI is InChI=1S/C22H19N3O2.C21H16N2O2.2C20H15N3O2.C20H17N3.C18H15N5O/c1-3-27-22(26)20-13-23-21-12-11-16(14-25(20)21)17-8-4-5-9-18(17)19-10-6-7-15(2)24-19;1-13-5-4-8-19(23-13)16-7-3-2-6-15(16)14-9-10-20-17(11-14)18(12-25-20)21(22)24;1-13-5-4-8-18(22-13)16-7-3-2-6-15(16)14-9-10-23-19(11-14)17(12-21-23)20(24)25;1-25-20(24)17-13-22-23-11-9-14(12-19(17)23)15-6-2-3-7-16(15)18-8-4-5-10-21-18;1-14-6-5-9-19(22-14)18-8-4-3-7-17(18)16-10-11-20-21-12-15(2)23(20)13-16;1-12-8-9-23(21-12)15-5-3-2-4-14(15)13-6-7-17-20-10-16(18(19)24)22(17)11-13/h4-14H,3H2,1-2H3;2-12H,1H3,(H2,22,24);2-12H,1H3,(H,24,25);2-13H,1H3;3-13H,1-2H3;2-11H,1H3,(H2,19,24). The molecule has 24 rings (SSSR count). The van der Waals surface area contributed by atoms with Gasteiger partial charge in [-0.2, -0.15) is 15.3 Å². The van der Waals surface area contributed by atoms with E-state index >= 15 is 0 Å². The third-order valence-electron chi connectivity index (χ3n) is 24.9. The lowest BCUT2D eigenvalue weighted by molar-refractivity contribution is 0.0516. The number of amides is 2. The molecule has 5 N–H and O–H groups in total. The van der Waals surface area contributed by atoms with E-state index in [-0.39, 0.29) is 11.5 Å². The van der Waals surface area contributed by atoms with Crippen LogP contribution < -0.4 is 11.5 Å². The Kier molecular flexibility index (Phi) is 28.7. The number of nitrogens with two attached hydrogens (primary N) is 2. The van der Waals surface area contributed by atoms with Crippen molar-refractivity contribution < 1.29 is 43.0 Å². The van der Waals surface area contributed by atoms with Crippen molar-refractivity contribution in [3.8, 4) is 129 Å². The summed E-state index contributed by atoms with van der Waals surface area (Å²) in [4.78, 5) is 94.6. The molecule has 0 saturated heterocycles. The van der Waals surface area contributed by atoms with E-state index in [0.29, 0.717) is 57.0 Å². The van der Waals surface area contributed by atoms with Crippen molar-refractivity contribution in [2.75, 3.05) is 13.7 Å². The smallest absolute Gasteiger partial charge is 0.356 e. The molecular weight excluding hydrogens is 1860 g/mol. The molecule has 17 heterocycles. The summed E-state index contributed by atoms with van der Waals surface area (Å²) in [6.07, 6.45) is 22.5. The number of imidazole rings is 3. The minimum Gasteiger partial charge on any atom is -0.478 e. The van der Waals surface area contributed by atoms with Crippen molar-refractivity contribution in [1.29, 1.82) is 0 Å². The summed E-state index contributed by atoms with van der Waals surface area (Å²) in [5.74, 6) is -2.76. The number of rotatable bonds is 18. The topological polar surface area (TPSA) is 358 Å². The van der Waals surface area contributed by atoms with Crippen molar-refractivity contribution in [1.82, 2.24) is 82.1 Å². The van der Waals surface area contributed by atoms with Crippen LogP contribution in [-0.2, 0) is 9.47 Å². The van der Waals surface area contributed by atoms with Gasteiger partial charge in [0, 0.05) is 122 Å². The number of aromatic nitrogens is 17. The number of esters is 2. The van der Waals surface area contributed by atoms with Crippen LogP contribution in [0.2, 0.25) is 0 Å². The SMILES string of the molecule is CCOC(=O)c1cnc2ccc(-c3ccccc3-c3cccc(C)n3)cn12.COC(=O)c1cnn2ccc(-c3ccccc3-c3ccccn3)cc12.Cc1cccc(-c2ccccc2-c2ccc3ncc(C)n3c2)n1.Cc1cccc(-c2ccccc2-c2ccc3occ(C(N)=O)c3c2)n1.Cc1cccc(-c2ccccc2-c2ccn3ncc(C(=O)O)c3c2)n1.Cc1ccn(-c2ccccc2-c2ccc3ncc(C(N)=O)n3c2)n1. The van der Waals surface area contributed by atoms with E-state index in [4.69, 9.17) is 25.4 Å². The normalized spacial score (nSPS) is 10.9. The summed E-state index contributed by atoms with van der Waals surface area (Å²) >= 11 is 0. The Morgan fingerprint density at radius 2 is 0.752 bits per heavy atom. The first-order chi connectivity index (χ1) is 72.6. The van der Waals surface area contributed by atoms with Gasteiger partial charge in [-0.1, -0.05) is 176 Å². The van der Waals surface area contributed by atoms with Crippen molar-refractivity contribution in [2.45, 2.75) is 48.5 Å². The number of hydrogen-bond acceptors (Lipinski definition) is 19.